The van der Waals surface area contributed by atoms with Crippen molar-refractivity contribution in [1.82, 2.24) is 5.23 Å². The predicted molar refractivity (Wildman–Crippen MR) is 257 cm³/mol. The normalized spacial score (nSPS) is 18.3. The molecule has 1 N–H and O–H groups in total. The van der Waals surface area contributed by atoms with Crippen LogP contribution in [-0.2, 0) is 5.41 Å². The minimum atomic E-state index is -0.102. The monoisotopic (exact) mass is 787 g/mol. The summed E-state index contributed by atoms with van der Waals surface area (Å²) in [6.45, 7) is 4.67. The SMILES string of the molecule is CC1(C)C2=CCCC=C2c2ccc(N(c3ccc(N4B(NC5C=CC=CC5)c5c(cccc5C5C=CC=C5)-c5ccccc54)cc3)c3ccc4oc5ccccc5c4c3)cc21. The van der Waals surface area contributed by atoms with Gasteiger partial charge in [0.2, 0.25) is 0 Å². The van der Waals surface area contributed by atoms with Gasteiger partial charge in [0, 0.05) is 62.1 Å². The first-order valence-electron chi connectivity index (χ1n) is 21.8. The number of hydrogen-bond acceptors (Lipinski definition) is 4. The number of nitrogens with one attached hydrogen (secondary N) is 1. The van der Waals surface area contributed by atoms with E-state index in [1.54, 1.807) is 0 Å². The number of allylic oxidation sites excluding steroid dienone is 10. The highest BCUT2D eigenvalue weighted by atomic mass is 16.3. The largest absolute Gasteiger partial charge is 0.456 e. The van der Waals surface area contributed by atoms with Crippen molar-refractivity contribution in [2.45, 2.75) is 50.5 Å². The van der Waals surface area contributed by atoms with Crippen LogP contribution in [0.5, 0.6) is 0 Å². The van der Waals surface area contributed by atoms with Crippen LogP contribution < -0.4 is 20.4 Å². The molecule has 0 spiro atoms. The van der Waals surface area contributed by atoms with Crippen LogP contribution in [0.15, 0.2) is 198 Å². The Balaban J connectivity index is 1.01. The quantitative estimate of drug-likeness (QED) is 0.163. The Morgan fingerprint density at radius 2 is 1.39 bits per heavy atom. The van der Waals surface area contributed by atoms with E-state index in [4.69, 9.17) is 4.42 Å². The van der Waals surface area contributed by atoms with E-state index < -0.39 is 0 Å². The van der Waals surface area contributed by atoms with Crippen molar-refractivity contribution in [3.63, 3.8) is 0 Å². The third kappa shape index (κ3) is 5.79. The second kappa shape index (κ2) is 14.1. The van der Waals surface area contributed by atoms with E-state index in [9.17, 15) is 0 Å². The molecule has 1 atom stereocenters. The highest BCUT2D eigenvalue weighted by molar-refractivity contribution is 6.78. The zero-order valence-electron chi connectivity index (χ0n) is 34.6. The first-order chi connectivity index (χ1) is 30.0. The van der Waals surface area contributed by atoms with Crippen molar-refractivity contribution >= 4 is 68.4 Å². The minimum absolute atomic E-state index is 0.0793. The summed E-state index contributed by atoms with van der Waals surface area (Å²) < 4.78 is 6.32. The summed E-state index contributed by atoms with van der Waals surface area (Å²) in [7, 11) is 0. The van der Waals surface area contributed by atoms with Gasteiger partial charge in [-0.25, -0.2) is 0 Å². The van der Waals surface area contributed by atoms with Gasteiger partial charge in [-0.2, -0.15) is 0 Å². The van der Waals surface area contributed by atoms with Gasteiger partial charge in [0.25, 0.3) is 0 Å². The molecule has 0 saturated heterocycles. The number of furan rings is 1. The number of fused-ring (bicyclic) bond motifs is 9. The summed E-state index contributed by atoms with van der Waals surface area (Å²) in [5.41, 5.74) is 18.2. The lowest BCUT2D eigenvalue weighted by Crippen LogP contribution is -2.62. The second-order valence-corrected chi connectivity index (χ2v) is 17.5. The summed E-state index contributed by atoms with van der Waals surface area (Å²) in [6, 6.07) is 47.3. The standard InChI is InChI=1S/C56H46BN3O/c1-56(2)50-24-11-8-19-44(50)45-33-31-42(36-51(45)56)59(41-32-34-54-49(35-41)47-21-10-13-26-53(47)61-54)39-27-29-40(30-28-39)60-52-25-12-9-20-46(52)48-23-14-22-43(37-15-6-7-16-37)55(48)57(60)58-38-17-4-3-5-18-38/h3-7,9-10,12-17,19-38,58H,8,11,18H2,1-2H3. The summed E-state index contributed by atoms with van der Waals surface area (Å²) in [4.78, 5) is 4.96. The Hall–Kier alpha value is -6.82. The number of nitrogens with zero attached hydrogens (tertiary/aromatic N) is 2. The first kappa shape index (κ1) is 36.1. The Labute approximate surface area is 358 Å². The molecule has 1 unspecified atom stereocenters. The van der Waals surface area contributed by atoms with Crippen molar-refractivity contribution in [3.05, 3.63) is 210 Å². The maximum Gasteiger partial charge on any atom is 0.381 e. The van der Waals surface area contributed by atoms with Crippen LogP contribution in [0.25, 0.3) is 38.6 Å². The van der Waals surface area contributed by atoms with Gasteiger partial charge in [-0.15, -0.1) is 0 Å². The van der Waals surface area contributed by atoms with E-state index in [0.717, 1.165) is 64.0 Å². The Morgan fingerprint density at radius 3 is 2.26 bits per heavy atom. The average Bonchev–Trinajstić information content (AvgIpc) is 4.03. The number of para-hydroxylation sites is 2. The molecule has 61 heavy (non-hydrogen) atoms. The van der Waals surface area contributed by atoms with Crippen LogP contribution in [0.3, 0.4) is 0 Å². The average molecular weight is 788 g/mol. The maximum absolute atomic E-state index is 6.32. The van der Waals surface area contributed by atoms with Crippen molar-refractivity contribution in [1.29, 1.82) is 0 Å². The minimum Gasteiger partial charge on any atom is -0.456 e. The molecule has 0 amide bonds. The van der Waals surface area contributed by atoms with Crippen LogP contribution in [0.2, 0.25) is 0 Å². The first-order valence-corrected chi connectivity index (χ1v) is 21.8. The van der Waals surface area contributed by atoms with E-state index in [1.807, 2.05) is 6.07 Å². The molecule has 0 bridgehead atoms. The van der Waals surface area contributed by atoms with E-state index in [2.05, 4.69) is 211 Å². The molecular formula is C56H46BN3O. The lowest BCUT2D eigenvalue weighted by atomic mass is 9.56. The number of benzene rings is 6. The molecule has 5 aliphatic rings. The smallest absolute Gasteiger partial charge is 0.381 e. The molecule has 0 radical (unpaired) electrons. The number of hydrogen-bond donors (Lipinski definition) is 1. The fraction of sp³-hybridized carbons (Fsp3) is 0.143. The van der Waals surface area contributed by atoms with Gasteiger partial charge in [-0.3, -0.25) is 0 Å². The molecule has 5 heteroatoms. The lowest BCUT2D eigenvalue weighted by molar-refractivity contribution is 0.654. The van der Waals surface area contributed by atoms with Crippen LogP contribution in [0.4, 0.5) is 28.4 Å². The maximum atomic E-state index is 6.32. The summed E-state index contributed by atoms with van der Waals surface area (Å²) in [5.74, 6) is 0.225. The molecule has 0 fully saturated rings. The molecular weight excluding hydrogens is 741 g/mol. The second-order valence-electron chi connectivity index (χ2n) is 17.5. The molecule has 1 aliphatic heterocycles. The van der Waals surface area contributed by atoms with Crippen molar-refractivity contribution < 1.29 is 4.42 Å². The molecule has 4 aliphatic carbocycles. The summed E-state index contributed by atoms with van der Waals surface area (Å²) >= 11 is 0. The fourth-order valence-corrected chi connectivity index (χ4v) is 10.7. The van der Waals surface area contributed by atoms with Gasteiger partial charge in [0.1, 0.15) is 11.2 Å². The van der Waals surface area contributed by atoms with Gasteiger partial charge >= 0.3 is 6.98 Å². The summed E-state index contributed by atoms with van der Waals surface area (Å²) in [6.07, 6.45) is 25.9. The molecule has 7 aromatic rings. The number of rotatable bonds is 7. The zero-order valence-corrected chi connectivity index (χ0v) is 34.6. The van der Waals surface area contributed by atoms with Crippen molar-refractivity contribution in [3.8, 4) is 11.1 Å². The molecule has 4 nitrogen and oxygen atoms in total. The van der Waals surface area contributed by atoms with Crippen molar-refractivity contribution in [2.75, 3.05) is 9.71 Å². The lowest BCUT2D eigenvalue weighted by Gasteiger charge is -2.41. The van der Waals surface area contributed by atoms with Gasteiger partial charge in [0.15, 0.2) is 0 Å². The Kier molecular flexibility index (Phi) is 8.37. The summed E-state index contributed by atoms with van der Waals surface area (Å²) in [5, 5.41) is 6.39. The van der Waals surface area contributed by atoms with Crippen molar-refractivity contribution in [2.24, 2.45) is 0 Å². The molecule has 6 aromatic carbocycles. The van der Waals surface area contributed by atoms with Crippen LogP contribution in [0, 0.1) is 0 Å². The van der Waals surface area contributed by atoms with E-state index in [1.165, 1.54) is 50.1 Å². The van der Waals surface area contributed by atoms with E-state index in [0.29, 0.717) is 0 Å². The Morgan fingerprint density at radius 1 is 0.656 bits per heavy atom. The molecule has 1 aromatic heterocycles. The van der Waals surface area contributed by atoms with E-state index in [-0.39, 0.29) is 24.4 Å². The highest BCUT2D eigenvalue weighted by Gasteiger charge is 2.41. The molecule has 0 saturated carbocycles. The van der Waals surface area contributed by atoms with Crippen LogP contribution in [0.1, 0.15) is 55.7 Å². The van der Waals surface area contributed by atoms with Gasteiger partial charge in [0.05, 0.1) is 0 Å². The van der Waals surface area contributed by atoms with Crippen LogP contribution >= 0.6 is 0 Å². The molecule has 294 valence electrons. The third-order valence-electron chi connectivity index (χ3n) is 13.6. The number of anilines is 5. The Bertz CT molecular complexity index is 3090. The van der Waals surface area contributed by atoms with E-state index >= 15 is 0 Å². The predicted octanol–water partition coefficient (Wildman–Crippen LogP) is 13.6. The zero-order chi connectivity index (χ0) is 40.7. The van der Waals surface area contributed by atoms with Gasteiger partial charge < -0.3 is 19.4 Å². The third-order valence-corrected chi connectivity index (χ3v) is 13.6. The highest BCUT2D eigenvalue weighted by Crippen LogP contribution is 2.53. The molecule has 2 heterocycles. The van der Waals surface area contributed by atoms with Gasteiger partial charge in [-0.05, 0) is 125 Å². The topological polar surface area (TPSA) is 31.6 Å². The van der Waals surface area contributed by atoms with Gasteiger partial charge in [-0.1, -0.05) is 135 Å². The fourth-order valence-electron chi connectivity index (χ4n) is 10.7. The van der Waals surface area contributed by atoms with Crippen LogP contribution in [-0.4, -0.2) is 13.0 Å². The molecule has 12 rings (SSSR count).